The number of fused-ring (bicyclic) bond motifs is 1. The van der Waals surface area contributed by atoms with Crippen molar-refractivity contribution in [2.75, 3.05) is 6.61 Å². The van der Waals surface area contributed by atoms with Gasteiger partial charge in [0.15, 0.2) is 36.2 Å². The molecule has 1 heterocycles. The molecule has 0 spiro atoms. The summed E-state index contributed by atoms with van der Waals surface area (Å²) in [5.74, 6) is -5.89. The number of carbonyl (C=O) groups is 6. The Hall–Kier alpha value is -4.56. The second-order valence-corrected chi connectivity index (χ2v) is 10.4. The van der Waals surface area contributed by atoms with Crippen molar-refractivity contribution in [2.45, 2.75) is 84.8 Å². The summed E-state index contributed by atoms with van der Waals surface area (Å²) in [4.78, 5) is 74.7. The number of aromatic hydroxyl groups is 2. The minimum absolute atomic E-state index is 0.0328. The molecule has 1 aromatic rings. The summed E-state index contributed by atoms with van der Waals surface area (Å²) in [7, 11) is 0. The Balaban J connectivity index is 2.13. The number of phenols is 2. The smallest absolute Gasteiger partial charge is 0.303 e. The van der Waals surface area contributed by atoms with Crippen molar-refractivity contribution in [1.82, 2.24) is 0 Å². The molecular formula is C30H34O14. The fourth-order valence-corrected chi connectivity index (χ4v) is 4.78. The van der Waals surface area contributed by atoms with E-state index in [1.165, 1.54) is 0 Å². The molecule has 1 aliphatic carbocycles. The molecule has 6 atom stereocenters. The predicted molar refractivity (Wildman–Crippen MR) is 147 cm³/mol. The summed E-state index contributed by atoms with van der Waals surface area (Å²) in [6, 6.07) is 2.14. The normalized spacial score (nSPS) is 23.4. The maximum Gasteiger partial charge on any atom is 0.303 e. The predicted octanol–water partition coefficient (Wildman–Crippen LogP) is 2.23. The number of ketones is 2. The average molecular weight is 619 g/mol. The quantitative estimate of drug-likeness (QED) is 0.167. The molecule has 1 saturated heterocycles. The molecule has 14 heteroatoms. The molecule has 0 bridgehead atoms. The summed E-state index contributed by atoms with van der Waals surface area (Å²) < 4.78 is 33.5. The lowest BCUT2D eigenvalue weighted by molar-refractivity contribution is -0.314. The number of hydrogen-bond donors (Lipinski definition) is 2. The van der Waals surface area contributed by atoms with Gasteiger partial charge in [-0.15, -0.1) is 0 Å². The molecular weight excluding hydrogens is 584 g/mol. The number of esters is 4. The van der Waals surface area contributed by atoms with Crippen LogP contribution in [0.1, 0.15) is 68.7 Å². The minimum Gasteiger partial charge on any atom is -0.507 e. The average Bonchev–Trinajstić information content (AvgIpc) is 2.91. The summed E-state index contributed by atoms with van der Waals surface area (Å²) in [6.45, 7) is 7.37. The minimum atomic E-state index is -1.64. The van der Waals surface area contributed by atoms with Gasteiger partial charge in [-0.1, -0.05) is 11.6 Å². The maximum absolute atomic E-state index is 13.6. The van der Waals surface area contributed by atoms with Crippen molar-refractivity contribution in [3.8, 4) is 11.5 Å². The van der Waals surface area contributed by atoms with Crippen molar-refractivity contribution in [1.29, 1.82) is 0 Å². The number of allylic oxidation sites excluding steroid dienone is 2. The highest BCUT2D eigenvalue weighted by molar-refractivity contribution is 6.27. The van der Waals surface area contributed by atoms with Crippen LogP contribution in [0.25, 0.3) is 0 Å². The zero-order valence-corrected chi connectivity index (χ0v) is 25.0. The van der Waals surface area contributed by atoms with Crippen LogP contribution in [0.5, 0.6) is 11.5 Å². The van der Waals surface area contributed by atoms with E-state index in [9.17, 15) is 39.0 Å². The van der Waals surface area contributed by atoms with Crippen LogP contribution in [0.15, 0.2) is 35.4 Å². The van der Waals surface area contributed by atoms with E-state index in [-0.39, 0.29) is 17.6 Å². The van der Waals surface area contributed by atoms with Crippen LogP contribution in [0.4, 0.5) is 0 Å². The van der Waals surface area contributed by atoms with Gasteiger partial charge in [0, 0.05) is 33.3 Å². The number of benzene rings is 1. The fourth-order valence-electron chi connectivity index (χ4n) is 4.78. The Morgan fingerprint density at radius 2 is 1.36 bits per heavy atom. The molecule has 3 rings (SSSR count). The highest BCUT2D eigenvalue weighted by atomic mass is 16.7. The maximum atomic E-state index is 13.6. The molecule has 1 fully saturated rings. The first-order valence-electron chi connectivity index (χ1n) is 13.6. The van der Waals surface area contributed by atoms with Crippen molar-refractivity contribution in [3.05, 3.63) is 46.6 Å². The summed E-state index contributed by atoms with van der Waals surface area (Å²) in [5.41, 5.74) is -0.239. The molecule has 44 heavy (non-hydrogen) atoms. The van der Waals surface area contributed by atoms with Crippen LogP contribution in [-0.4, -0.2) is 89.1 Å². The lowest BCUT2D eigenvalue weighted by Crippen LogP contribution is -2.63. The number of hydrogen-bond acceptors (Lipinski definition) is 14. The first kappa shape index (κ1) is 33.9. The third kappa shape index (κ3) is 8.08. The van der Waals surface area contributed by atoms with Gasteiger partial charge in [-0.05, 0) is 38.5 Å². The van der Waals surface area contributed by atoms with Gasteiger partial charge in [0.2, 0.25) is 0 Å². The Morgan fingerprint density at radius 1 is 0.818 bits per heavy atom. The molecule has 0 amide bonds. The van der Waals surface area contributed by atoms with Crippen molar-refractivity contribution in [2.24, 2.45) is 0 Å². The van der Waals surface area contributed by atoms with Crippen LogP contribution in [0.2, 0.25) is 0 Å². The second kappa shape index (κ2) is 14.3. The van der Waals surface area contributed by atoms with Gasteiger partial charge in [0.05, 0.1) is 17.2 Å². The van der Waals surface area contributed by atoms with E-state index in [2.05, 4.69) is 0 Å². The number of phenolic OH excluding ortho intramolecular Hbond substituents is 2. The van der Waals surface area contributed by atoms with E-state index in [0.717, 1.165) is 51.5 Å². The number of rotatable bonds is 10. The summed E-state index contributed by atoms with van der Waals surface area (Å²) >= 11 is 0. The third-order valence-corrected chi connectivity index (χ3v) is 6.52. The van der Waals surface area contributed by atoms with Gasteiger partial charge in [-0.2, -0.15) is 0 Å². The largest absolute Gasteiger partial charge is 0.507 e. The molecule has 0 saturated carbocycles. The Labute approximate surface area is 252 Å². The van der Waals surface area contributed by atoms with Gasteiger partial charge in [-0.3, -0.25) is 28.8 Å². The van der Waals surface area contributed by atoms with E-state index in [4.69, 9.17) is 28.4 Å². The van der Waals surface area contributed by atoms with E-state index in [1.807, 2.05) is 0 Å². The highest BCUT2D eigenvalue weighted by Crippen LogP contribution is 2.38. The molecule has 238 valence electrons. The summed E-state index contributed by atoms with van der Waals surface area (Å²) in [6.07, 6.45) is -6.18. The zero-order valence-electron chi connectivity index (χ0n) is 25.0. The van der Waals surface area contributed by atoms with Crippen molar-refractivity contribution < 1.29 is 67.4 Å². The van der Waals surface area contributed by atoms with Gasteiger partial charge in [0.25, 0.3) is 0 Å². The zero-order chi connectivity index (χ0) is 32.9. The van der Waals surface area contributed by atoms with Crippen LogP contribution >= 0.6 is 0 Å². The Bertz CT molecular complexity index is 1400. The van der Waals surface area contributed by atoms with E-state index >= 15 is 0 Å². The molecule has 0 unspecified atom stereocenters. The standard InChI is InChI=1S/C30H34O14/c1-13(2)7-10-22(18-11-21(37)24-19(35)8-9-20(36)25(24)26(18)38)43-30-29(42-17(6)34)28(41-16(5)33)27(40-15(4)32)23(44-30)12-39-14(3)31/h7-9,11,22-23,27-30,35-36H,10,12H2,1-6H3/t22-,23-,27-,28+,29+,30-/m1/s1. The molecule has 2 aliphatic rings. The SMILES string of the molecule is CC(=O)OC[C@H]1O[C@@H](O[C@H](CC=C(C)C)C2=CC(=O)c3c(O)ccc(O)c3C2=O)[C@@H](OC(C)=O)[C@@H](OC(C)=O)[C@@H]1OC(C)=O. The topological polar surface area (TPSA) is 198 Å². The first-order chi connectivity index (χ1) is 20.6. The van der Waals surface area contributed by atoms with E-state index in [0.29, 0.717) is 0 Å². The van der Waals surface area contributed by atoms with Gasteiger partial charge >= 0.3 is 23.9 Å². The van der Waals surface area contributed by atoms with Crippen LogP contribution in [0, 0.1) is 0 Å². The second-order valence-electron chi connectivity index (χ2n) is 10.4. The lowest BCUT2D eigenvalue weighted by Gasteiger charge is -2.45. The molecule has 0 aromatic heterocycles. The highest BCUT2D eigenvalue weighted by Gasteiger charge is 2.53. The van der Waals surface area contributed by atoms with Crippen molar-refractivity contribution >= 4 is 35.4 Å². The lowest BCUT2D eigenvalue weighted by atomic mass is 9.85. The Kier molecular flexibility index (Phi) is 11.0. The molecule has 14 nitrogen and oxygen atoms in total. The molecule has 1 aliphatic heterocycles. The fraction of sp³-hybridized carbons (Fsp3) is 0.467. The molecule has 0 radical (unpaired) electrons. The molecule has 2 N–H and O–H groups in total. The third-order valence-electron chi connectivity index (χ3n) is 6.52. The van der Waals surface area contributed by atoms with Gasteiger partial charge in [0.1, 0.15) is 24.2 Å². The van der Waals surface area contributed by atoms with Crippen LogP contribution in [0.3, 0.4) is 0 Å². The first-order valence-corrected chi connectivity index (χ1v) is 13.6. The van der Waals surface area contributed by atoms with Crippen LogP contribution in [-0.2, 0) is 47.6 Å². The van der Waals surface area contributed by atoms with E-state index < -0.39 is 95.9 Å². The number of carbonyl (C=O) groups excluding carboxylic acids is 6. The Morgan fingerprint density at radius 3 is 1.91 bits per heavy atom. The molecule has 1 aromatic carbocycles. The van der Waals surface area contributed by atoms with E-state index in [1.54, 1.807) is 19.9 Å². The number of ether oxygens (including phenoxy) is 6. The summed E-state index contributed by atoms with van der Waals surface area (Å²) in [5, 5.41) is 20.7. The van der Waals surface area contributed by atoms with Gasteiger partial charge in [-0.25, -0.2) is 0 Å². The van der Waals surface area contributed by atoms with Gasteiger partial charge < -0.3 is 38.6 Å². The monoisotopic (exact) mass is 618 g/mol. The number of Topliss-reactive ketones (excluding diaryl/α,β-unsaturated/α-hetero) is 1. The van der Waals surface area contributed by atoms with Crippen LogP contribution < -0.4 is 0 Å². The van der Waals surface area contributed by atoms with Crippen molar-refractivity contribution in [3.63, 3.8) is 0 Å².